The van der Waals surface area contributed by atoms with Crippen molar-refractivity contribution >= 4 is 5.91 Å². The summed E-state index contributed by atoms with van der Waals surface area (Å²) in [5.74, 6) is 1.84. The highest BCUT2D eigenvalue weighted by molar-refractivity contribution is 5.97. The summed E-state index contributed by atoms with van der Waals surface area (Å²) in [5.41, 5.74) is 5.86. The predicted octanol–water partition coefficient (Wildman–Crippen LogP) is 3.87. The zero-order valence-electron chi connectivity index (χ0n) is 17.4. The zero-order chi connectivity index (χ0) is 20.6. The molecule has 1 aliphatic heterocycles. The van der Waals surface area contributed by atoms with Crippen molar-refractivity contribution in [2.45, 2.75) is 25.7 Å². The van der Waals surface area contributed by atoms with Crippen molar-refractivity contribution in [3.05, 3.63) is 59.3 Å². The summed E-state index contributed by atoms with van der Waals surface area (Å²) in [7, 11) is 4.80. The van der Waals surface area contributed by atoms with Crippen LogP contribution in [-0.2, 0) is 4.84 Å². The minimum absolute atomic E-state index is 0.0229. The first-order valence-electron chi connectivity index (χ1n) is 10.0. The number of hydrogen-bond donors (Lipinski definition) is 1. The van der Waals surface area contributed by atoms with E-state index < -0.39 is 0 Å². The fourth-order valence-corrected chi connectivity index (χ4v) is 3.83. The van der Waals surface area contributed by atoms with E-state index in [1.807, 2.05) is 4.90 Å². The number of carbonyl (C=O) groups excluding carboxylic acids is 1. The molecule has 6 heteroatoms. The Bertz CT molecular complexity index is 805. The quantitative estimate of drug-likeness (QED) is 0.707. The predicted molar refractivity (Wildman–Crippen MR) is 113 cm³/mol. The van der Waals surface area contributed by atoms with Crippen LogP contribution in [0.25, 0.3) is 0 Å². The molecule has 0 radical (unpaired) electrons. The zero-order valence-corrected chi connectivity index (χ0v) is 17.4. The molecule has 3 rings (SSSR count). The molecule has 156 valence electrons. The number of rotatable bonds is 7. The number of hydroxylamine groups is 1. The Hall–Kier alpha value is -2.73. The monoisotopic (exact) mass is 398 g/mol. The number of likely N-dealkylation sites (tertiary alicyclic amines) is 1. The smallest absolute Gasteiger partial charge is 0.257 e. The molecule has 6 nitrogen and oxygen atoms in total. The Morgan fingerprint density at radius 1 is 1.14 bits per heavy atom. The number of amides is 1. The normalized spacial score (nSPS) is 17.3. The van der Waals surface area contributed by atoms with Gasteiger partial charge >= 0.3 is 0 Å². The minimum Gasteiger partial charge on any atom is -0.497 e. The maximum absolute atomic E-state index is 13.0. The Kier molecular flexibility index (Phi) is 7.36. The van der Waals surface area contributed by atoms with Crippen LogP contribution >= 0.6 is 0 Å². The average molecular weight is 399 g/mol. The highest BCUT2D eigenvalue weighted by Crippen LogP contribution is 2.29. The third-order valence-electron chi connectivity index (χ3n) is 5.47. The summed E-state index contributed by atoms with van der Waals surface area (Å²) in [6.45, 7) is 1.53. The van der Waals surface area contributed by atoms with Gasteiger partial charge in [0.15, 0.2) is 0 Å². The standard InChI is InChI=1S/C23H30N2O4/c1-27-20-9-10-21(22(16-20)28-2)23(26)25-13-11-18(12-14-25)15-17-5-4-6-19(8-7-17)24-29-3/h4-5,7-10,16,18,24H,6,11-15H2,1-3H3. The summed E-state index contributed by atoms with van der Waals surface area (Å²) < 4.78 is 10.6. The summed E-state index contributed by atoms with van der Waals surface area (Å²) in [6.07, 6.45) is 12.5. The van der Waals surface area contributed by atoms with E-state index in [9.17, 15) is 4.79 Å². The Labute approximate surface area is 172 Å². The van der Waals surface area contributed by atoms with Gasteiger partial charge in [0.05, 0.1) is 26.9 Å². The van der Waals surface area contributed by atoms with Gasteiger partial charge in [0, 0.05) is 31.3 Å². The molecule has 2 aliphatic rings. The van der Waals surface area contributed by atoms with E-state index in [2.05, 4.69) is 29.8 Å². The van der Waals surface area contributed by atoms with Crippen LogP contribution in [0, 0.1) is 5.92 Å². The van der Waals surface area contributed by atoms with Crippen molar-refractivity contribution < 1.29 is 19.1 Å². The lowest BCUT2D eigenvalue weighted by molar-refractivity contribution is 0.0687. The van der Waals surface area contributed by atoms with E-state index in [1.54, 1.807) is 39.5 Å². The summed E-state index contributed by atoms with van der Waals surface area (Å²) >= 11 is 0. The van der Waals surface area contributed by atoms with Crippen LogP contribution in [0.15, 0.2) is 53.8 Å². The summed E-state index contributed by atoms with van der Waals surface area (Å²) in [5, 5.41) is 0. The van der Waals surface area contributed by atoms with Gasteiger partial charge in [-0.3, -0.25) is 15.1 Å². The van der Waals surface area contributed by atoms with Crippen LogP contribution in [0.5, 0.6) is 11.5 Å². The first kappa shape index (κ1) is 21.0. The Balaban J connectivity index is 1.57. The maximum atomic E-state index is 13.0. The van der Waals surface area contributed by atoms with Crippen LogP contribution in [0.1, 0.15) is 36.0 Å². The van der Waals surface area contributed by atoms with Gasteiger partial charge in [-0.15, -0.1) is 0 Å². The first-order chi connectivity index (χ1) is 14.1. The number of ether oxygens (including phenoxy) is 2. The topological polar surface area (TPSA) is 60.0 Å². The number of nitrogens with zero attached hydrogens (tertiary/aromatic N) is 1. The fraction of sp³-hybridized carbons (Fsp3) is 0.435. The number of piperidine rings is 1. The lowest BCUT2D eigenvalue weighted by atomic mass is 9.89. The van der Waals surface area contributed by atoms with Gasteiger partial charge in [-0.2, -0.15) is 0 Å². The molecule has 1 aromatic rings. The third kappa shape index (κ3) is 5.41. The lowest BCUT2D eigenvalue weighted by Gasteiger charge is -2.32. The molecule has 29 heavy (non-hydrogen) atoms. The van der Waals surface area contributed by atoms with E-state index in [1.165, 1.54) is 5.57 Å². The van der Waals surface area contributed by atoms with E-state index in [0.717, 1.165) is 44.5 Å². The van der Waals surface area contributed by atoms with Gasteiger partial charge in [-0.05, 0) is 49.0 Å². The number of methoxy groups -OCH3 is 2. The van der Waals surface area contributed by atoms with Crippen molar-refractivity contribution in [3.63, 3.8) is 0 Å². The molecule has 0 aromatic heterocycles. The van der Waals surface area contributed by atoms with E-state index in [4.69, 9.17) is 14.3 Å². The second-order valence-corrected chi connectivity index (χ2v) is 7.35. The maximum Gasteiger partial charge on any atom is 0.257 e. The molecule has 0 atom stereocenters. The molecule has 1 fully saturated rings. The molecule has 0 bridgehead atoms. The highest BCUT2D eigenvalue weighted by Gasteiger charge is 2.26. The average Bonchev–Trinajstić information content (AvgIpc) is 2.98. The van der Waals surface area contributed by atoms with Crippen molar-refractivity contribution in [1.29, 1.82) is 0 Å². The Morgan fingerprint density at radius 2 is 1.93 bits per heavy atom. The summed E-state index contributed by atoms with van der Waals surface area (Å²) in [4.78, 5) is 19.9. The number of nitrogens with one attached hydrogen (secondary N) is 1. The van der Waals surface area contributed by atoms with Crippen LogP contribution in [0.4, 0.5) is 0 Å². The number of hydrogen-bond acceptors (Lipinski definition) is 5. The van der Waals surface area contributed by atoms with Crippen LogP contribution in [0.2, 0.25) is 0 Å². The van der Waals surface area contributed by atoms with Gasteiger partial charge in [-0.1, -0.05) is 18.2 Å². The number of allylic oxidation sites excluding steroid dienone is 5. The molecule has 1 aromatic carbocycles. The number of carbonyl (C=O) groups is 1. The molecule has 0 spiro atoms. The minimum atomic E-state index is 0.0229. The second kappa shape index (κ2) is 10.2. The molecule has 0 unspecified atom stereocenters. The largest absolute Gasteiger partial charge is 0.497 e. The Morgan fingerprint density at radius 3 is 2.62 bits per heavy atom. The van der Waals surface area contributed by atoms with E-state index in [-0.39, 0.29) is 5.91 Å². The SMILES string of the molecule is CONC1=CC=C(CC2CCN(C(=O)c3ccc(OC)cc3OC)CC2)C=CC1. The molecule has 0 saturated carbocycles. The van der Waals surface area contributed by atoms with Crippen molar-refractivity contribution in [2.24, 2.45) is 5.92 Å². The van der Waals surface area contributed by atoms with Crippen molar-refractivity contribution in [3.8, 4) is 11.5 Å². The molecular formula is C23H30N2O4. The number of benzene rings is 1. The molecule has 1 amide bonds. The van der Waals surface area contributed by atoms with Gasteiger partial charge in [0.25, 0.3) is 5.91 Å². The fourth-order valence-electron chi connectivity index (χ4n) is 3.83. The highest BCUT2D eigenvalue weighted by atomic mass is 16.6. The second-order valence-electron chi connectivity index (χ2n) is 7.35. The van der Waals surface area contributed by atoms with Crippen molar-refractivity contribution in [2.75, 3.05) is 34.4 Å². The van der Waals surface area contributed by atoms with Gasteiger partial charge in [0.2, 0.25) is 0 Å². The third-order valence-corrected chi connectivity index (χ3v) is 5.47. The first-order valence-corrected chi connectivity index (χ1v) is 10.0. The summed E-state index contributed by atoms with van der Waals surface area (Å²) in [6, 6.07) is 5.34. The van der Waals surface area contributed by atoms with Crippen LogP contribution in [-0.4, -0.2) is 45.2 Å². The van der Waals surface area contributed by atoms with Crippen LogP contribution < -0.4 is 15.0 Å². The van der Waals surface area contributed by atoms with E-state index >= 15 is 0 Å². The molecule has 1 heterocycles. The molecule has 1 N–H and O–H groups in total. The van der Waals surface area contributed by atoms with Gasteiger partial charge in [-0.25, -0.2) is 0 Å². The lowest BCUT2D eigenvalue weighted by Crippen LogP contribution is -2.38. The van der Waals surface area contributed by atoms with Crippen LogP contribution in [0.3, 0.4) is 0 Å². The molecule has 1 saturated heterocycles. The van der Waals surface area contributed by atoms with Gasteiger partial charge in [0.1, 0.15) is 11.5 Å². The van der Waals surface area contributed by atoms with Gasteiger partial charge < -0.3 is 14.4 Å². The van der Waals surface area contributed by atoms with Crippen molar-refractivity contribution in [1.82, 2.24) is 10.4 Å². The molecular weight excluding hydrogens is 368 g/mol. The van der Waals surface area contributed by atoms with E-state index in [0.29, 0.717) is 23.0 Å². The molecule has 1 aliphatic carbocycles.